The maximum Gasteiger partial charge on any atom is 0.243 e. The van der Waals surface area contributed by atoms with Gasteiger partial charge in [0.15, 0.2) is 0 Å². The largest absolute Gasteiger partial charge is 0.352 e. The SMILES string of the molecule is CC[C@@H](C)NC(=O)[C@@H](Cc1ccccc1)N(Cc1ccc(Cl)c(Cl)c1)C(=O)CCCN(c1ccccc1)S(C)(=O)=O. The van der Waals surface area contributed by atoms with E-state index < -0.39 is 16.1 Å². The van der Waals surface area contributed by atoms with Crippen LogP contribution in [0.2, 0.25) is 10.0 Å². The number of carbonyl (C=O) groups is 2. The average molecular weight is 619 g/mol. The summed E-state index contributed by atoms with van der Waals surface area (Å²) in [5, 5.41) is 3.79. The molecule has 7 nitrogen and oxygen atoms in total. The zero-order valence-electron chi connectivity index (χ0n) is 23.6. The van der Waals surface area contributed by atoms with Crippen LogP contribution in [-0.4, -0.2) is 50.0 Å². The zero-order valence-corrected chi connectivity index (χ0v) is 25.9. The molecule has 0 saturated heterocycles. The van der Waals surface area contributed by atoms with E-state index in [2.05, 4.69) is 5.32 Å². The van der Waals surface area contributed by atoms with Gasteiger partial charge in [-0.2, -0.15) is 0 Å². The number of amides is 2. The highest BCUT2D eigenvalue weighted by Crippen LogP contribution is 2.25. The molecule has 3 aromatic rings. The minimum absolute atomic E-state index is 0.0437. The van der Waals surface area contributed by atoms with Gasteiger partial charge in [-0.15, -0.1) is 0 Å². The van der Waals surface area contributed by atoms with Crippen molar-refractivity contribution in [3.05, 3.63) is 100 Å². The van der Waals surface area contributed by atoms with Crippen molar-refractivity contribution in [3.63, 3.8) is 0 Å². The summed E-state index contributed by atoms with van der Waals surface area (Å²) in [5.74, 6) is -0.517. The molecule has 41 heavy (non-hydrogen) atoms. The van der Waals surface area contributed by atoms with Gasteiger partial charge in [-0.05, 0) is 55.2 Å². The van der Waals surface area contributed by atoms with E-state index in [0.29, 0.717) is 22.2 Å². The van der Waals surface area contributed by atoms with Gasteiger partial charge in [0.05, 0.1) is 22.0 Å². The van der Waals surface area contributed by atoms with E-state index in [1.54, 1.807) is 47.4 Å². The first-order valence-electron chi connectivity index (χ1n) is 13.6. The summed E-state index contributed by atoms with van der Waals surface area (Å²) in [6.45, 7) is 4.16. The lowest BCUT2D eigenvalue weighted by Gasteiger charge is -2.33. The van der Waals surface area contributed by atoms with E-state index in [-0.39, 0.29) is 43.8 Å². The Hall–Kier alpha value is -3.07. The summed E-state index contributed by atoms with van der Waals surface area (Å²) >= 11 is 12.4. The van der Waals surface area contributed by atoms with Crippen molar-refractivity contribution in [2.75, 3.05) is 17.1 Å². The quantitative estimate of drug-likeness (QED) is 0.237. The Bertz CT molecular complexity index is 1410. The molecule has 220 valence electrons. The average Bonchev–Trinajstić information content (AvgIpc) is 2.95. The summed E-state index contributed by atoms with van der Waals surface area (Å²) < 4.78 is 26.3. The highest BCUT2D eigenvalue weighted by atomic mass is 35.5. The molecule has 0 saturated carbocycles. The van der Waals surface area contributed by atoms with Crippen LogP contribution in [0.4, 0.5) is 5.69 Å². The Morgan fingerprint density at radius 2 is 1.54 bits per heavy atom. The first-order valence-corrected chi connectivity index (χ1v) is 16.2. The zero-order chi connectivity index (χ0) is 30.0. The molecule has 0 aliphatic rings. The van der Waals surface area contributed by atoms with Gasteiger partial charge in [0, 0.05) is 32.0 Å². The normalized spacial score (nSPS) is 12.8. The molecule has 0 unspecified atom stereocenters. The summed E-state index contributed by atoms with van der Waals surface area (Å²) in [6, 6.07) is 22.6. The third kappa shape index (κ3) is 9.76. The predicted molar refractivity (Wildman–Crippen MR) is 167 cm³/mol. The van der Waals surface area contributed by atoms with Crippen LogP contribution >= 0.6 is 23.2 Å². The second-order valence-corrected chi connectivity index (χ2v) is 12.8. The summed E-state index contributed by atoms with van der Waals surface area (Å²) in [4.78, 5) is 29.1. The van der Waals surface area contributed by atoms with Gasteiger partial charge < -0.3 is 10.2 Å². The molecule has 2 amide bonds. The van der Waals surface area contributed by atoms with Crippen molar-refractivity contribution < 1.29 is 18.0 Å². The molecular weight excluding hydrogens is 581 g/mol. The van der Waals surface area contributed by atoms with E-state index in [1.165, 1.54) is 4.31 Å². The van der Waals surface area contributed by atoms with Crippen molar-refractivity contribution >= 4 is 50.7 Å². The molecule has 3 rings (SSSR count). The number of hydrogen-bond acceptors (Lipinski definition) is 4. The molecular formula is C31H37Cl2N3O4S. The van der Waals surface area contributed by atoms with Crippen molar-refractivity contribution in [1.82, 2.24) is 10.2 Å². The summed E-state index contributed by atoms with van der Waals surface area (Å²) in [6.07, 6.45) is 2.51. The van der Waals surface area contributed by atoms with Crippen LogP contribution in [0.3, 0.4) is 0 Å². The fourth-order valence-electron chi connectivity index (χ4n) is 4.43. The number of carbonyl (C=O) groups excluding carboxylic acids is 2. The van der Waals surface area contributed by atoms with Gasteiger partial charge in [-0.25, -0.2) is 8.42 Å². The van der Waals surface area contributed by atoms with Crippen LogP contribution in [0.1, 0.15) is 44.2 Å². The first kappa shape index (κ1) is 32.4. The topological polar surface area (TPSA) is 86.8 Å². The molecule has 0 aliphatic heterocycles. The Balaban J connectivity index is 1.91. The molecule has 3 aromatic carbocycles. The molecule has 0 heterocycles. The van der Waals surface area contributed by atoms with Gasteiger partial charge in [0.25, 0.3) is 0 Å². The Labute approximate surface area is 253 Å². The molecule has 0 spiro atoms. The van der Waals surface area contributed by atoms with Crippen LogP contribution in [0, 0.1) is 0 Å². The standard InChI is InChI=1S/C31H37Cl2N3O4S/c1-4-23(2)34-31(38)29(21-24-12-7-5-8-13-24)35(22-25-17-18-27(32)28(33)20-25)30(37)16-11-19-36(41(3,39)40)26-14-9-6-10-15-26/h5-10,12-15,17-18,20,23,29H,4,11,16,19,21-22H2,1-3H3,(H,34,38)/t23-,29-/m1/s1. The molecule has 0 radical (unpaired) electrons. The van der Waals surface area contributed by atoms with Gasteiger partial charge in [0.1, 0.15) is 6.04 Å². The van der Waals surface area contributed by atoms with Gasteiger partial charge >= 0.3 is 0 Å². The minimum atomic E-state index is -3.56. The molecule has 1 N–H and O–H groups in total. The fraction of sp³-hybridized carbons (Fsp3) is 0.355. The molecule has 10 heteroatoms. The third-order valence-corrected chi connectivity index (χ3v) is 8.74. The number of anilines is 1. The number of hydrogen-bond donors (Lipinski definition) is 1. The molecule has 0 bridgehead atoms. The maximum absolute atomic E-state index is 13.9. The van der Waals surface area contributed by atoms with Crippen LogP contribution in [0.15, 0.2) is 78.9 Å². The second-order valence-electron chi connectivity index (χ2n) is 10.1. The smallest absolute Gasteiger partial charge is 0.243 e. The van der Waals surface area contributed by atoms with Gasteiger partial charge in [0.2, 0.25) is 21.8 Å². The molecule has 0 fully saturated rings. The van der Waals surface area contributed by atoms with Gasteiger partial charge in [-0.3, -0.25) is 13.9 Å². The van der Waals surface area contributed by atoms with Crippen LogP contribution < -0.4 is 9.62 Å². The third-order valence-electron chi connectivity index (χ3n) is 6.81. The summed E-state index contributed by atoms with van der Waals surface area (Å²) in [5.41, 5.74) is 2.17. The first-order chi connectivity index (χ1) is 19.5. The monoisotopic (exact) mass is 617 g/mol. The van der Waals surface area contributed by atoms with E-state index >= 15 is 0 Å². The van der Waals surface area contributed by atoms with Crippen LogP contribution in [0.25, 0.3) is 0 Å². The van der Waals surface area contributed by atoms with E-state index in [9.17, 15) is 18.0 Å². The number of nitrogens with zero attached hydrogens (tertiary/aromatic N) is 2. The number of rotatable bonds is 14. The lowest BCUT2D eigenvalue weighted by Crippen LogP contribution is -2.52. The van der Waals surface area contributed by atoms with E-state index in [1.807, 2.05) is 50.2 Å². The minimum Gasteiger partial charge on any atom is -0.352 e. The fourth-order valence-corrected chi connectivity index (χ4v) is 5.71. The number of para-hydroxylation sites is 1. The predicted octanol–water partition coefficient (Wildman–Crippen LogP) is 6.09. The van der Waals surface area contributed by atoms with E-state index in [0.717, 1.165) is 23.8 Å². The lowest BCUT2D eigenvalue weighted by molar-refractivity contribution is -0.141. The van der Waals surface area contributed by atoms with Crippen molar-refractivity contribution in [1.29, 1.82) is 0 Å². The van der Waals surface area contributed by atoms with Crippen LogP contribution in [0.5, 0.6) is 0 Å². The van der Waals surface area contributed by atoms with Crippen molar-refractivity contribution in [2.24, 2.45) is 0 Å². The second kappa shape index (κ2) is 15.2. The van der Waals surface area contributed by atoms with Crippen LogP contribution in [-0.2, 0) is 32.6 Å². The number of halogens is 2. The highest BCUT2D eigenvalue weighted by Gasteiger charge is 2.31. The Morgan fingerprint density at radius 3 is 2.12 bits per heavy atom. The van der Waals surface area contributed by atoms with E-state index in [4.69, 9.17) is 23.2 Å². The Morgan fingerprint density at radius 1 is 0.902 bits per heavy atom. The number of benzene rings is 3. The van der Waals surface area contributed by atoms with Gasteiger partial charge in [-0.1, -0.05) is 84.7 Å². The Kier molecular flexibility index (Phi) is 12.1. The molecule has 0 aliphatic carbocycles. The highest BCUT2D eigenvalue weighted by molar-refractivity contribution is 7.92. The maximum atomic E-state index is 13.9. The summed E-state index contributed by atoms with van der Waals surface area (Å²) in [7, 11) is -3.56. The molecule has 2 atom stereocenters. The lowest BCUT2D eigenvalue weighted by atomic mass is 10.0. The number of sulfonamides is 1. The van der Waals surface area contributed by atoms with Crippen molar-refractivity contribution in [2.45, 2.75) is 58.2 Å². The molecule has 0 aromatic heterocycles. The van der Waals surface area contributed by atoms with Crippen molar-refractivity contribution in [3.8, 4) is 0 Å². The number of nitrogens with one attached hydrogen (secondary N) is 1.